The number of amides is 1. The summed E-state index contributed by atoms with van der Waals surface area (Å²) in [5.41, 5.74) is 10.9. The molecule has 3 aliphatic rings. The first-order chi connectivity index (χ1) is 14.1. The normalized spacial score (nSPS) is 24.8. The fourth-order valence-corrected chi connectivity index (χ4v) is 4.26. The van der Waals surface area contributed by atoms with E-state index in [1.54, 1.807) is 7.11 Å². The molecule has 3 heterocycles. The number of carbonyl (C=O) groups is 1. The maximum Gasteiger partial charge on any atom is 0.220 e. The van der Waals surface area contributed by atoms with E-state index in [1.807, 2.05) is 6.20 Å². The third-order valence-corrected chi connectivity index (χ3v) is 5.83. The van der Waals surface area contributed by atoms with Gasteiger partial charge in [-0.05, 0) is 31.4 Å². The third-order valence-electron chi connectivity index (χ3n) is 5.83. The summed E-state index contributed by atoms with van der Waals surface area (Å²) >= 11 is 0. The van der Waals surface area contributed by atoms with Gasteiger partial charge in [0.1, 0.15) is 12.0 Å². The number of hydrazine groups is 1. The number of amidine groups is 1. The lowest BCUT2D eigenvalue weighted by atomic mass is 9.95. The van der Waals surface area contributed by atoms with Crippen LogP contribution >= 0.6 is 0 Å². The van der Waals surface area contributed by atoms with Gasteiger partial charge in [-0.3, -0.25) is 10.2 Å². The van der Waals surface area contributed by atoms with E-state index in [9.17, 15) is 4.79 Å². The Balaban J connectivity index is 1.36. The molecule has 0 saturated carbocycles. The minimum Gasteiger partial charge on any atom is -0.383 e. The average molecular weight is 399 g/mol. The molecule has 3 unspecified atom stereocenters. The van der Waals surface area contributed by atoms with Crippen LogP contribution in [0.3, 0.4) is 0 Å². The molecule has 8 heteroatoms. The van der Waals surface area contributed by atoms with Crippen LogP contribution in [-0.4, -0.2) is 54.1 Å². The van der Waals surface area contributed by atoms with Crippen molar-refractivity contribution in [3.05, 3.63) is 47.3 Å². The largest absolute Gasteiger partial charge is 0.383 e. The van der Waals surface area contributed by atoms with Crippen molar-refractivity contribution in [2.45, 2.75) is 51.4 Å². The van der Waals surface area contributed by atoms with Gasteiger partial charge < -0.3 is 20.0 Å². The first kappa shape index (κ1) is 19.7. The summed E-state index contributed by atoms with van der Waals surface area (Å²) in [5, 5.41) is 9.57. The van der Waals surface area contributed by atoms with Gasteiger partial charge in [0.05, 0.1) is 18.7 Å². The van der Waals surface area contributed by atoms with Crippen molar-refractivity contribution < 1.29 is 9.53 Å². The standard InChI is InChI=1S/C21H30N6O2/c1-14-4-5-15(2)16(12-14)17-13-18-21-24-23-19(26(21)9-10-27(18)25-17)6-7-20(28)22-8-11-29-3/h4-5,9-10,12,17-18,21,24-25H,6-8,11,13H2,1-3H3,(H,22,28). The van der Waals surface area contributed by atoms with E-state index in [0.29, 0.717) is 26.0 Å². The topological polar surface area (TPSA) is 81.2 Å². The molecule has 1 aromatic carbocycles. The zero-order valence-corrected chi connectivity index (χ0v) is 17.3. The molecule has 1 saturated heterocycles. The Bertz CT molecular complexity index is 823. The molecule has 4 rings (SSSR count). The third kappa shape index (κ3) is 4.09. The Kier molecular flexibility index (Phi) is 5.73. The van der Waals surface area contributed by atoms with Crippen LogP contribution in [0.15, 0.2) is 35.7 Å². The number of hydrogen-bond donors (Lipinski definition) is 3. The maximum absolute atomic E-state index is 12.0. The molecule has 0 bridgehead atoms. The highest BCUT2D eigenvalue weighted by atomic mass is 16.5. The van der Waals surface area contributed by atoms with Gasteiger partial charge in [0.2, 0.25) is 5.91 Å². The molecule has 8 nitrogen and oxygen atoms in total. The summed E-state index contributed by atoms with van der Waals surface area (Å²) in [6.45, 7) is 5.37. The lowest BCUT2D eigenvalue weighted by molar-refractivity contribution is -0.121. The summed E-state index contributed by atoms with van der Waals surface area (Å²) in [6.07, 6.45) is 6.21. The van der Waals surface area contributed by atoms with Gasteiger partial charge in [-0.15, -0.1) is 0 Å². The van der Waals surface area contributed by atoms with E-state index in [0.717, 1.165) is 12.3 Å². The minimum absolute atomic E-state index is 0.0216. The number of hydrogen-bond acceptors (Lipinski definition) is 7. The molecule has 29 heavy (non-hydrogen) atoms. The van der Waals surface area contributed by atoms with Crippen LogP contribution in [0.1, 0.15) is 42.0 Å². The van der Waals surface area contributed by atoms with Crippen molar-refractivity contribution in [1.29, 1.82) is 0 Å². The van der Waals surface area contributed by atoms with Crippen molar-refractivity contribution in [1.82, 2.24) is 26.1 Å². The SMILES string of the molecule is COCCNC(=O)CCC1=NNC2C3CC(c4cc(C)ccc4C)NN3C=CN12. The zero-order valence-electron chi connectivity index (χ0n) is 17.3. The number of rotatable bonds is 7. The highest BCUT2D eigenvalue weighted by Gasteiger charge is 2.44. The lowest BCUT2D eigenvalue weighted by Gasteiger charge is -2.37. The number of fused-ring (bicyclic) bond motifs is 3. The number of nitrogens with zero attached hydrogens (tertiary/aromatic N) is 3. The van der Waals surface area contributed by atoms with E-state index in [2.05, 4.69) is 69.4 Å². The van der Waals surface area contributed by atoms with Gasteiger partial charge >= 0.3 is 0 Å². The van der Waals surface area contributed by atoms with E-state index >= 15 is 0 Å². The number of benzene rings is 1. The van der Waals surface area contributed by atoms with Crippen LogP contribution in [0.25, 0.3) is 0 Å². The molecule has 1 amide bonds. The van der Waals surface area contributed by atoms with Gasteiger partial charge in [0.15, 0.2) is 0 Å². The smallest absolute Gasteiger partial charge is 0.220 e. The van der Waals surface area contributed by atoms with E-state index in [1.165, 1.54) is 16.7 Å². The molecular weight excluding hydrogens is 368 g/mol. The number of carbonyl (C=O) groups excluding carboxylic acids is 1. The molecule has 0 aromatic heterocycles. The Morgan fingerprint density at radius 3 is 3.03 bits per heavy atom. The number of ether oxygens (including phenoxy) is 1. The van der Waals surface area contributed by atoms with Crippen molar-refractivity contribution in [3.8, 4) is 0 Å². The van der Waals surface area contributed by atoms with Crippen molar-refractivity contribution >= 4 is 11.7 Å². The molecule has 0 radical (unpaired) electrons. The van der Waals surface area contributed by atoms with Crippen LogP contribution in [-0.2, 0) is 9.53 Å². The van der Waals surface area contributed by atoms with Crippen LogP contribution in [0, 0.1) is 13.8 Å². The molecule has 0 spiro atoms. The van der Waals surface area contributed by atoms with Crippen molar-refractivity contribution in [3.63, 3.8) is 0 Å². The first-order valence-electron chi connectivity index (χ1n) is 10.2. The van der Waals surface area contributed by atoms with Gasteiger partial charge in [0, 0.05) is 38.9 Å². The van der Waals surface area contributed by atoms with Crippen LogP contribution in [0.5, 0.6) is 0 Å². The molecule has 1 aromatic rings. The molecule has 1 fully saturated rings. The van der Waals surface area contributed by atoms with Gasteiger partial charge in [-0.2, -0.15) is 5.10 Å². The molecular formula is C21H30N6O2. The maximum atomic E-state index is 12.0. The quantitative estimate of drug-likeness (QED) is 0.604. The molecule has 156 valence electrons. The van der Waals surface area contributed by atoms with Crippen LogP contribution < -0.4 is 16.2 Å². The number of nitrogens with one attached hydrogen (secondary N) is 3. The van der Waals surface area contributed by atoms with Gasteiger partial charge in [-0.1, -0.05) is 23.8 Å². The Hall–Kier alpha value is -2.58. The number of hydrazone groups is 1. The van der Waals surface area contributed by atoms with E-state index in [4.69, 9.17) is 4.74 Å². The highest BCUT2D eigenvalue weighted by molar-refractivity contribution is 5.89. The molecule has 3 N–H and O–H groups in total. The Labute approximate surface area is 171 Å². The van der Waals surface area contributed by atoms with Gasteiger partial charge in [0.25, 0.3) is 0 Å². The Morgan fingerprint density at radius 1 is 1.34 bits per heavy atom. The summed E-state index contributed by atoms with van der Waals surface area (Å²) in [7, 11) is 1.62. The molecule has 3 aliphatic heterocycles. The van der Waals surface area contributed by atoms with Crippen LogP contribution in [0.2, 0.25) is 0 Å². The second-order valence-electron chi connectivity index (χ2n) is 7.90. The summed E-state index contributed by atoms with van der Waals surface area (Å²) < 4.78 is 4.96. The molecule has 3 atom stereocenters. The van der Waals surface area contributed by atoms with E-state index in [-0.39, 0.29) is 24.2 Å². The van der Waals surface area contributed by atoms with Crippen LogP contribution in [0.4, 0.5) is 0 Å². The zero-order chi connectivity index (χ0) is 20.4. The summed E-state index contributed by atoms with van der Waals surface area (Å²) in [4.78, 5) is 14.1. The van der Waals surface area contributed by atoms with Gasteiger partial charge in [-0.25, -0.2) is 5.43 Å². The first-order valence-corrected chi connectivity index (χ1v) is 10.2. The van der Waals surface area contributed by atoms with Crippen molar-refractivity contribution in [2.75, 3.05) is 20.3 Å². The fraction of sp³-hybridized carbons (Fsp3) is 0.524. The van der Waals surface area contributed by atoms with Crippen molar-refractivity contribution in [2.24, 2.45) is 5.10 Å². The Morgan fingerprint density at radius 2 is 2.21 bits per heavy atom. The second-order valence-corrected chi connectivity index (χ2v) is 7.90. The predicted molar refractivity (Wildman–Crippen MR) is 111 cm³/mol. The summed E-state index contributed by atoms with van der Waals surface area (Å²) in [6, 6.07) is 7.17. The minimum atomic E-state index is 0.0216. The predicted octanol–water partition coefficient (Wildman–Crippen LogP) is 1.50. The second kappa shape index (κ2) is 8.42. The van der Waals surface area contributed by atoms with E-state index < -0.39 is 0 Å². The fourth-order valence-electron chi connectivity index (χ4n) is 4.26. The average Bonchev–Trinajstić information content (AvgIpc) is 3.32. The molecule has 0 aliphatic carbocycles. The monoisotopic (exact) mass is 398 g/mol. The highest BCUT2D eigenvalue weighted by Crippen LogP contribution is 2.35. The summed E-state index contributed by atoms with van der Waals surface area (Å²) in [5.74, 6) is 0.927. The number of aryl methyl sites for hydroxylation is 2. The number of methoxy groups -OCH3 is 1. The lowest BCUT2D eigenvalue weighted by Crippen LogP contribution is -2.54.